The first-order chi connectivity index (χ1) is 10.0. The smallest absolute Gasteiger partial charge is 0.251 e. The summed E-state index contributed by atoms with van der Waals surface area (Å²) in [5.41, 5.74) is 7.20. The summed E-state index contributed by atoms with van der Waals surface area (Å²) < 4.78 is 18.8. The Morgan fingerprint density at radius 3 is 2.67 bits per heavy atom. The predicted molar refractivity (Wildman–Crippen MR) is 80.1 cm³/mol. The maximum absolute atomic E-state index is 13.2. The highest BCUT2D eigenvalue weighted by atomic mass is 19.1. The summed E-state index contributed by atoms with van der Waals surface area (Å²) in [6, 6.07) is 9.26. The molecule has 2 aromatic rings. The highest BCUT2D eigenvalue weighted by Crippen LogP contribution is 2.29. The summed E-state index contributed by atoms with van der Waals surface area (Å²) in [5.74, 6) is 0.440. The summed E-state index contributed by atoms with van der Waals surface area (Å²) in [5, 5.41) is 2.69. The first-order valence-corrected chi connectivity index (χ1v) is 6.63. The second-order valence-corrected chi connectivity index (χ2v) is 4.63. The van der Waals surface area contributed by atoms with Gasteiger partial charge >= 0.3 is 0 Å². The van der Waals surface area contributed by atoms with E-state index in [1.807, 2.05) is 6.92 Å². The van der Waals surface area contributed by atoms with Gasteiger partial charge in [-0.2, -0.15) is 0 Å². The van der Waals surface area contributed by atoms with Crippen LogP contribution in [0.15, 0.2) is 36.4 Å². The lowest BCUT2D eigenvalue weighted by Gasteiger charge is -2.11. The lowest BCUT2D eigenvalue weighted by atomic mass is 10.1. The van der Waals surface area contributed by atoms with E-state index in [4.69, 9.17) is 10.5 Å². The third-order valence-electron chi connectivity index (χ3n) is 2.97. The van der Waals surface area contributed by atoms with Gasteiger partial charge in [0.05, 0.1) is 5.69 Å². The number of aryl methyl sites for hydroxylation is 1. The second kappa shape index (κ2) is 6.26. The minimum Gasteiger partial charge on any atom is -0.455 e. The Kier molecular flexibility index (Phi) is 4.42. The fourth-order valence-electron chi connectivity index (χ4n) is 1.85. The van der Waals surface area contributed by atoms with E-state index in [0.717, 1.165) is 0 Å². The van der Waals surface area contributed by atoms with Crippen LogP contribution in [0.25, 0.3) is 0 Å². The molecule has 0 unspecified atom stereocenters. The standard InChI is InChI=1S/C16H17FN2O2/c1-3-19-16(20)11-4-7-15(14(18)9-11)21-12-5-6-13(17)10(2)8-12/h4-9H,3,18H2,1-2H3,(H,19,20). The lowest BCUT2D eigenvalue weighted by Crippen LogP contribution is -2.22. The van der Waals surface area contributed by atoms with Crippen LogP contribution in [-0.2, 0) is 0 Å². The Bertz CT molecular complexity index is 671. The number of nitrogens with two attached hydrogens (primary N) is 1. The Balaban J connectivity index is 2.21. The lowest BCUT2D eigenvalue weighted by molar-refractivity contribution is 0.0956. The van der Waals surface area contributed by atoms with Gasteiger partial charge in [-0.15, -0.1) is 0 Å². The highest BCUT2D eigenvalue weighted by molar-refractivity contribution is 5.95. The van der Waals surface area contributed by atoms with Crippen LogP contribution >= 0.6 is 0 Å². The van der Waals surface area contributed by atoms with Crippen molar-refractivity contribution in [3.63, 3.8) is 0 Å². The van der Waals surface area contributed by atoms with E-state index in [2.05, 4.69) is 5.32 Å². The number of ether oxygens (including phenoxy) is 1. The summed E-state index contributed by atoms with van der Waals surface area (Å²) in [7, 11) is 0. The Labute approximate surface area is 122 Å². The number of hydrogen-bond acceptors (Lipinski definition) is 3. The van der Waals surface area contributed by atoms with Crippen LogP contribution in [0.1, 0.15) is 22.8 Å². The molecule has 2 aromatic carbocycles. The maximum atomic E-state index is 13.2. The largest absolute Gasteiger partial charge is 0.455 e. The molecule has 21 heavy (non-hydrogen) atoms. The van der Waals surface area contributed by atoms with Crippen LogP contribution in [0.5, 0.6) is 11.5 Å². The average Bonchev–Trinajstić information content (AvgIpc) is 2.45. The molecule has 0 spiro atoms. The molecule has 110 valence electrons. The van der Waals surface area contributed by atoms with E-state index in [9.17, 15) is 9.18 Å². The Hall–Kier alpha value is -2.56. The number of nitrogens with one attached hydrogen (secondary N) is 1. The van der Waals surface area contributed by atoms with Gasteiger partial charge in [0.1, 0.15) is 17.3 Å². The van der Waals surface area contributed by atoms with Gasteiger partial charge in [-0.25, -0.2) is 4.39 Å². The van der Waals surface area contributed by atoms with E-state index in [-0.39, 0.29) is 11.7 Å². The Morgan fingerprint density at radius 1 is 1.29 bits per heavy atom. The van der Waals surface area contributed by atoms with Crippen molar-refractivity contribution in [3.8, 4) is 11.5 Å². The molecule has 4 nitrogen and oxygen atoms in total. The number of benzene rings is 2. The molecule has 3 N–H and O–H groups in total. The van der Waals surface area contributed by atoms with Crippen molar-refractivity contribution in [1.29, 1.82) is 0 Å². The first-order valence-electron chi connectivity index (χ1n) is 6.63. The zero-order chi connectivity index (χ0) is 15.4. The van der Waals surface area contributed by atoms with Crippen molar-refractivity contribution in [1.82, 2.24) is 5.32 Å². The van der Waals surface area contributed by atoms with Crippen molar-refractivity contribution < 1.29 is 13.9 Å². The molecule has 0 radical (unpaired) electrons. The molecule has 0 atom stereocenters. The van der Waals surface area contributed by atoms with Crippen LogP contribution in [0.4, 0.5) is 10.1 Å². The molecule has 0 fully saturated rings. The second-order valence-electron chi connectivity index (χ2n) is 4.63. The number of nitrogen functional groups attached to an aromatic ring is 1. The summed E-state index contributed by atoms with van der Waals surface area (Å²) in [6.07, 6.45) is 0. The van der Waals surface area contributed by atoms with Crippen molar-refractivity contribution in [2.45, 2.75) is 13.8 Å². The normalized spacial score (nSPS) is 10.2. The Morgan fingerprint density at radius 2 is 2.05 bits per heavy atom. The third-order valence-corrected chi connectivity index (χ3v) is 2.97. The van der Waals surface area contributed by atoms with Crippen LogP contribution in [0.3, 0.4) is 0 Å². The molecule has 0 aliphatic rings. The molecule has 0 aliphatic carbocycles. The monoisotopic (exact) mass is 288 g/mol. The summed E-state index contributed by atoms with van der Waals surface area (Å²) >= 11 is 0. The summed E-state index contributed by atoms with van der Waals surface area (Å²) in [4.78, 5) is 11.7. The van der Waals surface area contributed by atoms with E-state index >= 15 is 0 Å². The van der Waals surface area contributed by atoms with Crippen molar-refractivity contribution in [2.24, 2.45) is 0 Å². The SMILES string of the molecule is CCNC(=O)c1ccc(Oc2ccc(F)c(C)c2)c(N)c1. The van der Waals surface area contributed by atoms with Gasteiger partial charge in [0.2, 0.25) is 0 Å². The number of rotatable bonds is 4. The van der Waals surface area contributed by atoms with Gasteiger partial charge in [-0.1, -0.05) is 0 Å². The number of hydrogen-bond donors (Lipinski definition) is 2. The molecule has 0 aromatic heterocycles. The zero-order valence-corrected chi connectivity index (χ0v) is 11.9. The molecule has 2 rings (SSSR count). The van der Waals surface area contributed by atoms with E-state index in [1.54, 1.807) is 31.2 Å². The number of amides is 1. The number of carbonyl (C=O) groups excluding carboxylic acids is 1. The summed E-state index contributed by atoms with van der Waals surface area (Å²) in [6.45, 7) is 4.05. The van der Waals surface area contributed by atoms with Crippen molar-refractivity contribution in [3.05, 3.63) is 53.3 Å². The fraction of sp³-hybridized carbons (Fsp3) is 0.188. The average molecular weight is 288 g/mol. The number of halogens is 1. The molecule has 0 saturated heterocycles. The van der Waals surface area contributed by atoms with Crippen LogP contribution < -0.4 is 15.8 Å². The first kappa shape index (κ1) is 14.8. The van der Waals surface area contributed by atoms with Crippen LogP contribution in [0.2, 0.25) is 0 Å². The molecule has 5 heteroatoms. The highest BCUT2D eigenvalue weighted by Gasteiger charge is 2.09. The van der Waals surface area contributed by atoms with Crippen molar-refractivity contribution in [2.75, 3.05) is 12.3 Å². The molecule has 0 heterocycles. The van der Waals surface area contributed by atoms with Crippen LogP contribution in [-0.4, -0.2) is 12.5 Å². The maximum Gasteiger partial charge on any atom is 0.251 e. The van der Waals surface area contributed by atoms with Gasteiger partial charge in [-0.3, -0.25) is 4.79 Å². The van der Waals surface area contributed by atoms with E-state index in [0.29, 0.717) is 34.9 Å². The van der Waals surface area contributed by atoms with Gasteiger partial charge in [-0.05, 0) is 55.8 Å². The number of carbonyl (C=O) groups is 1. The molecule has 0 aliphatic heterocycles. The molecule has 1 amide bonds. The molecule has 0 saturated carbocycles. The van der Waals surface area contributed by atoms with Crippen LogP contribution in [0, 0.1) is 12.7 Å². The van der Waals surface area contributed by atoms with Crippen molar-refractivity contribution >= 4 is 11.6 Å². The van der Waals surface area contributed by atoms with Gasteiger partial charge < -0.3 is 15.8 Å². The van der Waals surface area contributed by atoms with Gasteiger partial charge in [0.15, 0.2) is 0 Å². The fourth-order valence-corrected chi connectivity index (χ4v) is 1.85. The topological polar surface area (TPSA) is 64.3 Å². The minimum absolute atomic E-state index is 0.187. The minimum atomic E-state index is -0.290. The quantitative estimate of drug-likeness (QED) is 0.849. The molecular weight excluding hydrogens is 271 g/mol. The molecular formula is C16H17FN2O2. The predicted octanol–water partition coefficient (Wildman–Crippen LogP) is 3.26. The van der Waals surface area contributed by atoms with E-state index < -0.39 is 0 Å². The number of anilines is 1. The third kappa shape index (κ3) is 3.51. The zero-order valence-electron chi connectivity index (χ0n) is 11.9. The van der Waals surface area contributed by atoms with Gasteiger partial charge in [0, 0.05) is 12.1 Å². The van der Waals surface area contributed by atoms with Gasteiger partial charge in [0.25, 0.3) is 5.91 Å². The molecule has 0 bridgehead atoms. The van der Waals surface area contributed by atoms with E-state index in [1.165, 1.54) is 12.1 Å².